The zero-order valence-electron chi connectivity index (χ0n) is 16.9. The average molecular weight is 498 g/mol. The third-order valence-corrected chi connectivity index (χ3v) is 5.70. The van der Waals surface area contributed by atoms with Crippen LogP contribution in [0, 0.1) is 0 Å². The van der Waals surface area contributed by atoms with Gasteiger partial charge in [-0.25, -0.2) is 8.37 Å². The Morgan fingerprint density at radius 2 is 1.16 bits per heavy atom. The molecule has 0 aromatic rings. The van der Waals surface area contributed by atoms with Gasteiger partial charge in [-0.05, 0) is 13.8 Å². The average Bonchev–Trinajstić information content (AvgIpc) is 2.63. The number of aliphatic hydroxyl groups is 2. The maximum absolute atomic E-state index is 11.3. The first-order valence-electron chi connectivity index (χ1n) is 8.88. The first-order valence-corrected chi connectivity index (χ1v) is 11.6. The number of ether oxygens (including phenoxy) is 5. The Kier molecular flexibility index (Phi) is 8.75. The van der Waals surface area contributed by atoms with E-state index >= 15 is 0 Å². The molecule has 0 spiro atoms. The van der Waals surface area contributed by atoms with Crippen LogP contribution in [0.1, 0.15) is 13.8 Å². The Morgan fingerprint density at radius 1 is 0.677 bits per heavy atom. The SMILES string of the molecule is COC1OC(C)C(OS(=O)(=O)O)C(OC2OC(C)C(OS(=O)(=O)O)C(O)C2O)C1OC. The van der Waals surface area contributed by atoms with Crippen molar-refractivity contribution in [1.82, 2.24) is 0 Å². The van der Waals surface area contributed by atoms with Crippen molar-refractivity contribution in [2.75, 3.05) is 14.2 Å². The minimum absolute atomic E-state index is 1.03. The number of rotatable bonds is 8. The summed E-state index contributed by atoms with van der Waals surface area (Å²) in [5, 5.41) is 20.6. The fraction of sp³-hybridized carbons (Fsp3) is 1.00. The second-order valence-electron chi connectivity index (χ2n) is 6.91. The van der Waals surface area contributed by atoms with Crippen molar-refractivity contribution in [2.24, 2.45) is 0 Å². The zero-order chi connectivity index (χ0) is 23.7. The van der Waals surface area contributed by atoms with E-state index in [4.69, 9.17) is 32.8 Å². The molecule has 2 rings (SSSR count). The predicted molar refractivity (Wildman–Crippen MR) is 96.2 cm³/mol. The Labute approximate surface area is 179 Å². The molecule has 17 heteroatoms. The predicted octanol–water partition coefficient (Wildman–Crippen LogP) is -2.38. The molecule has 0 aliphatic carbocycles. The van der Waals surface area contributed by atoms with Gasteiger partial charge < -0.3 is 33.9 Å². The van der Waals surface area contributed by atoms with Gasteiger partial charge in [0.05, 0.1) is 12.2 Å². The minimum atomic E-state index is -4.98. The van der Waals surface area contributed by atoms with Gasteiger partial charge in [0.1, 0.15) is 36.6 Å². The standard InChI is InChI=1S/C14H26O15S2/c1-5-9(28-30(17,18)19)7(15)8(16)13(25-5)27-11-10(29-31(20,21)22)6(2)26-14(24-4)12(11)23-3/h5-16H,1-4H3,(H,17,18,19)(H,20,21,22). The van der Waals surface area contributed by atoms with E-state index in [-0.39, 0.29) is 0 Å². The van der Waals surface area contributed by atoms with Crippen molar-refractivity contribution < 1.29 is 68.2 Å². The van der Waals surface area contributed by atoms with Crippen molar-refractivity contribution >= 4 is 20.8 Å². The summed E-state index contributed by atoms with van der Waals surface area (Å²) in [5.41, 5.74) is 0. The molecule has 10 unspecified atom stereocenters. The Hall–Kier alpha value is -0.540. The van der Waals surface area contributed by atoms with E-state index in [1.165, 1.54) is 28.1 Å². The molecular weight excluding hydrogens is 472 g/mol. The molecule has 0 aromatic heterocycles. The lowest BCUT2D eigenvalue weighted by Gasteiger charge is -2.47. The summed E-state index contributed by atoms with van der Waals surface area (Å²) in [6.45, 7) is 2.67. The van der Waals surface area contributed by atoms with Crippen molar-refractivity contribution in [1.29, 1.82) is 0 Å². The lowest BCUT2D eigenvalue weighted by molar-refractivity contribution is -0.350. The molecule has 2 heterocycles. The number of aliphatic hydroxyl groups excluding tert-OH is 2. The fourth-order valence-electron chi connectivity index (χ4n) is 3.38. The highest BCUT2D eigenvalue weighted by Gasteiger charge is 2.53. The van der Waals surface area contributed by atoms with Crippen LogP contribution in [0.25, 0.3) is 0 Å². The highest BCUT2D eigenvalue weighted by molar-refractivity contribution is 7.81. The molecule has 15 nitrogen and oxygen atoms in total. The monoisotopic (exact) mass is 498 g/mol. The smallest absolute Gasteiger partial charge is 0.387 e. The van der Waals surface area contributed by atoms with Crippen LogP contribution in [-0.2, 0) is 52.8 Å². The minimum Gasteiger partial charge on any atom is -0.387 e. The molecule has 0 bridgehead atoms. The van der Waals surface area contributed by atoms with Crippen LogP contribution in [0.2, 0.25) is 0 Å². The molecule has 0 saturated carbocycles. The summed E-state index contributed by atoms with van der Waals surface area (Å²) in [6, 6.07) is 0. The molecule has 0 radical (unpaired) electrons. The van der Waals surface area contributed by atoms with E-state index < -0.39 is 82.2 Å². The molecule has 10 atom stereocenters. The summed E-state index contributed by atoms with van der Waals surface area (Å²) in [7, 11) is -7.45. The van der Waals surface area contributed by atoms with Crippen LogP contribution >= 0.6 is 0 Å². The van der Waals surface area contributed by atoms with Crippen LogP contribution in [0.3, 0.4) is 0 Å². The summed E-state index contributed by atoms with van der Waals surface area (Å²) in [5.74, 6) is 0. The van der Waals surface area contributed by atoms with Crippen LogP contribution in [-0.4, -0.2) is 112 Å². The third kappa shape index (κ3) is 6.73. The highest BCUT2D eigenvalue weighted by Crippen LogP contribution is 2.33. The molecule has 4 N–H and O–H groups in total. The summed E-state index contributed by atoms with van der Waals surface area (Å²) >= 11 is 0. The van der Waals surface area contributed by atoms with Crippen molar-refractivity contribution in [2.45, 2.75) is 75.3 Å². The lowest BCUT2D eigenvalue weighted by Crippen LogP contribution is -2.64. The molecule has 2 fully saturated rings. The second kappa shape index (κ2) is 10.2. The number of methoxy groups -OCH3 is 2. The molecule has 2 aliphatic heterocycles. The first-order chi connectivity index (χ1) is 14.2. The van der Waals surface area contributed by atoms with Gasteiger partial charge in [-0.2, -0.15) is 16.8 Å². The van der Waals surface area contributed by atoms with Gasteiger partial charge in [0.25, 0.3) is 0 Å². The van der Waals surface area contributed by atoms with Gasteiger partial charge in [0.15, 0.2) is 12.6 Å². The lowest BCUT2D eigenvalue weighted by atomic mass is 9.97. The first kappa shape index (κ1) is 26.7. The van der Waals surface area contributed by atoms with Crippen molar-refractivity contribution in [3.8, 4) is 0 Å². The van der Waals surface area contributed by atoms with Crippen LogP contribution in [0.5, 0.6) is 0 Å². The molecule has 31 heavy (non-hydrogen) atoms. The summed E-state index contributed by atoms with van der Waals surface area (Å²) in [4.78, 5) is 0. The Morgan fingerprint density at radius 3 is 1.65 bits per heavy atom. The number of hydrogen-bond donors (Lipinski definition) is 4. The second-order valence-corrected chi connectivity index (χ2v) is 9.01. The summed E-state index contributed by atoms with van der Waals surface area (Å²) in [6.07, 6.45) is -14.5. The number of hydrogen-bond acceptors (Lipinski definition) is 13. The normalized spacial score (nSPS) is 42.5. The van der Waals surface area contributed by atoms with Gasteiger partial charge in [0.2, 0.25) is 0 Å². The van der Waals surface area contributed by atoms with Gasteiger partial charge in [0, 0.05) is 14.2 Å². The maximum atomic E-state index is 11.3. The van der Waals surface area contributed by atoms with Crippen molar-refractivity contribution in [3.63, 3.8) is 0 Å². The van der Waals surface area contributed by atoms with Gasteiger partial charge in [-0.3, -0.25) is 9.11 Å². The molecule has 0 amide bonds. The van der Waals surface area contributed by atoms with Gasteiger partial charge in [-0.15, -0.1) is 0 Å². The molecule has 2 saturated heterocycles. The molecule has 184 valence electrons. The third-order valence-electron chi connectivity index (χ3n) is 4.77. The van der Waals surface area contributed by atoms with E-state index in [9.17, 15) is 27.0 Å². The fourth-order valence-corrected chi connectivity index (χ4v) is 4.48. The topological polar surface area (TPSA) is 214 Å². The van der Waals surface area contributed by atoms with Crippen LogP contribution in [0.15, 0.2) is 0 Å². The zero-order valence-corrected chi connectivity index (χ0v) is 18.5. The van der Waals surface area contributed by atoms with Crippen LogP contribution < -0.4 is 0 Å². The molecule has 2 aliphatic rings. The van der Waals surface area contributed by atoms with E-state index in [1.54, 1.807) is 0 Å². The maximum Gasteiger partial charge on any atom is 0.397 e. The van der Waals surface area contributed by atoms with E-state index in [1.807, 2.05) is 0 Å². The summed E-state index contributed by atoms with van der Waals surface area (Å²) < 4.78 is 98.4. The largest absolute Gasteiger partial charge is 0.397 e. The highest BCUT2D eigenvalue weighted by atomic mass is 32.3. The van der Waals surface area contributed by atoms with E-state index in [0.29, 0.717) is 0 Å². The van der Waals surface area contributed by atoms with Gasteiger partial charge in [-0.1, -0.05) is 0 Å². The van der Waals surface area contributed by atoms with Crippen molar-refractivity contribution in [3.05, 3.63) is 0 Å². The molecule has 0 aromatic carbocycles. The van der Waals surface area contributed by atoms with E-state index in [2.05, 4.69) is 8.37 Å². The van der Waals surface area contributed by atoms with Crippen LogP contribution in [0.4, 0.5) is 0 Å². The molecular formula is C14H26O15S2. The van der Waals surface area contributed by atoms with E-state index in [0.717, 1.165) is 0 Å². The quantitative estimate of drug-likeness (QED) is 0.257. The van der Waals surface area contributed by atoms with Gasteiger partial charge >= 0.3 is 20.8 Å². The Bertz CT molecular complexity index is 801. The Balaban J connectivity index is 2.30.